The first kappa shape index (κ1) is 16.1. The molecule has 1 aliphatic heterocycles. The normalized spacial score (nSPS) is 32.0. The van der Waals surface area contributed by atoms with Crippen LogP contribution in [0.1, 0.15) is 30.9 Å². The lowest BCUT2D eigenvalue weighted by Crippen LogP contribution is -2.41. The first-order valence-corrected chi connectivity index (χ1v) is 7.79. The molecule has 0 aromatic heterocycles. The van der Waals surface area contributed by atoms with E-state index in [1.165, 1.54) is 0 Å². The van der Waals surface area contributed by atoms with E-state index >= 15 is 0 Å². The number of methoxy groups -OCH3 is 2. The number of carbonyl (C=O) groups is 1. The van der Waals surface area contributed by atoms with Gasteiger partial charge in [-0.2, -0.15) is 0 Å². The summed E-state index contributed by atoms with van der Waals surface area (Å²) >= 11 is 0. The number of benzene rings is 1. The van der Waals surface area contributed by atoms with Gasteiger partial charge in [0.15, 0.2) is 11.5 Å². The zero-order valence-corrected chi connectivity index (χ0v) is 13.8. The molecule has 0 unspecified atom stereocenters. The van der Waals surface area contributed by atoms with Crippen LogP contribution in [-0.4, -0.2) is 37.9 Å². The van der Waals surface area contributed by atoms with Crippen molar-refractivity contribution in [3.8, 4) is 11.5 Å². The van der Waals surface area contributed by atoms with Crippen molar-refractivity contribution in [1.29, 1.82) is 0 Å². The Labute approximate surface area is 135 Å². The second-order valence-electron chi connectivity index (χ2n) is 6.08. The third-order valence-electron chi connectivity index (χ3n) is 4.76. The number of fused-ring (bicyclic) bond motifs is 3. The van der Waals surface area contributed by atoms with Gasteiger partial charge in [-0.25, -0.2) is 0 Å². The molecule has 6 nitrogen and oxygen atoms in total. The largest absolute Gasteiger partial charge is 0.493 e. The molecule has 1 aromatic rings. The van der Waals surface area contributed by atoms with Crippen molar-refractivity contribution in [1.82, 2.24) is 0 Å². The van der Waals surface area contributed by atoms with E-state index in [1.807, 2.05) is 19.1 Å². The van der Waals surface area contributed by atoms with Crippen LogP contribution in [0.2, 0.25) is 0 Å². The van der Waals surface area contributed by atoms with Crippen LogP contribution < -0.4 is 9.47 Å². The minimum Gasteiger partial charge on any atom is -0.493 e. The summed E-state index contributed by atoms with van der Waals surface area (Å²) < 4.78 is 21.3. The average molecular weight is 322 g/mol. The Morgan fingerprint density at radius 2 is 1.96 bits per heavy atom. The van der Waals surface area contributed by atoms with Crippen molar-refractivity contribution in [3.05, 3.63) is 23.3 Å². The van der Waals surface area contributed by atoms with Gasteiger partial charge in [0.05, 0.1) is 32.7 Å². The van der Waals surface area contributed by atoms with Crippen molar-refractivity contribution in [2.24, 2.45) is 11.8 Å². The molecular formula is C17H22O6. The number of carbonyl (C=O) groups excluding carboxylic acids is 1. The van der Waals surface area contributed by atoms with Gasteiger partial charge in [0.2, 0.25) is 0 Å². The van der Waals surface area contributed by atoms with Crippen LogP contribution in [-0.2, 0) is 20.7 Å². The van der Waals surface area contributed by atoms with Crippen LogP contribution >= 0.6 is 0 Å². The quantitative estimate of drug-likeness (QED) is 0.673. The summed E-state index contributed by atoms with van der Waals surface area (Å²) in [5.41, 5.74) is 1.82. The highest BCUT2D eigenvalue weighted by molar-refractivity contribution is 5.78. The highest BCUT2D eigenvalue weighted by atomic mass is 16.8. The Balaban J connectivity index is 2.16. The number of cyclic esters (lactones) is 1. The first-order valence-electron chi connectivity index (χ1n) is 7.79. The van der Waals surface area contributed by atoms with E-state index in [4.69, 9.17) is 18.9 Å². The van der Waals surface area contributed by atoms with Crippen molar-refractivity contribution < 1.29 is 28.8 Å². The van der Waals surface area contributed by atoms with Crippen LogP contribution in [0.15, 0.2) is 12.1 Å². The zero-order valence-electron chi connectivity index (χ0n) is 13.8. The number of ether oxygens (including phenoxy) is 4. The molecule has 0 amide bonds. The summed E-state index contributed by atoms with van der Waals surface area (Å²) in [6, 6.07) is 3.71. The van der Waals surface area contributed by atoms with E-state index < -0.39 is 23.8 Å². The van der Waals surface area contributed by atoms with Gasteiger partial charge >= 0.3 is 11.9 Å². The lowest BCUT2D eigenvalue weighted by atomic mass is 9.69. The van der Waals surface area contributed by atoms with Crippen molar-refractivity contribution in [2.45, 2.75) is 32.2 Å². The van der Waals surface area contributed by atoms with Crippen LogP contribution in [0.4, 0.5) is 0 Å². The summed E-state index contributed by atoms with van der Waals surface area (Å²) in [4.78, 5) is 12.3. The molecule has 0 saturated carbocycles. The standard InChI is InChI=1S/C17H22O6/c1-5-22-17(19)15-11-8-13(21-4)12(20-3)7-10(11)6-9(2)14(15)16(18)23-17/h7-9,14-15,19H,5-6H2,1-4H3/t9-,14-,15+,17+/m1/s1. The van der Waals surface area contributed by atoms with Crippen molar-refractivity contribution >= 4 is 5.97 Å². The first-order chi connectivity index (χ1) is 10.9. The summed E-state index contributed by atoms with van der Waals surface area (Å²) in [5.74, 6) is -2.14. The molecule has 4 atom stereocenters. The Hall–Kier alpha value is -1.79. The Kier molecular flexibility index (Phi) is 3.98. The minimum atomic E-state index is -1.93. The van der Waals surface area contributed by atoms with Gasteiger partial charge in [0, 0.05) is 0 Å². The third kappa shape index (κ3) is 2.37. The third-order valence-corrected chi connectivity index (χ3v) is 4.76. The van der Waals surface area contributed by atoms with E-state index in [0.717, 1.165) is 11.1 Å². The van der Waals surface area contributed by atoms with Gasteiger partial charge in [-0.1, -0.05) is 6.92 Å². The zero-order chi connectivity index (χ0) is 16.8. The van der Waals surface area contributed by atoms with Gasteiger partial charge in [-0.15, -0.1) is 0 Å². The van der Waals surface area contributed by atoms with Gasteiger partial charge in [0.25, 0.3) is 0 Å². The number of esters is 1. The van der Waals surface area contributed by atoms with Crippen LogP contribution in [0, 0.1) is 11.8 Å². The highest BCUT2D eigenvalue weighted by Crippen LogP contribution is 2.53. The summed E-state index contributed by atoms with van der Waals surface area (Å²) in [5, 5.41) is 10.8. The molecule has 1 saturated heterocycles. The van der Waals surface area contributed by atoms with Gasteiger partial charge in [-0.05, 0) is 42.5 Å². The molecule has 0 radical (unpaired) electrons. The molecule has 0 bridgehead atoms. The maximum Gasteiger partial charge on any atom is 0.334 e. The van der Waals surface area contributed by atoms with Crippen LogP contribution in [0.5, 0.6) is 11.5 Å². The maximum atomic E-state index is 12.3. The molecule has 0 spiro atoms. The fourth-order valence-corrected chi connectivity index (χ4v) is 3.79. The molecule has 1 aliphatic carbocycles. The molecule has 1 N–H and O–H groups in total. The number of hydrogen-bond acceptors (Lipinski definition) is 6. The summed E-state index contributed by atoms with van der Waals surface area (Å²) in [6.45, 7) is 3.97. The molecule has 1 aromatic carbocycles. The molecule has 23 heavy (non-hydrogen) atoms. The van der Waals surface area contributed by atoms with E-state index in [9.17, 15) is 9.90 Å². The van der Waals surface area contributed by atoms with Gasteiger partial charge in [-0.3, -0.25) is 4.79 Å². The fraction of sp³-hybridized carbons (Fsp3) is 0.588. The van der Waals surface area contributed by atoms with Crippen molar-refractivity contribution in [2.75, 3.05) is 20.8 Å². The number of aliphatic hydroxyl groups is 1. The molecule has 6 heteroatoms. The van der Waals surface area contributed by atoms with Gasteiger partial charge in [0.1, 0.15) is 0 Å². The van der Waals surface area contributed by atoms with Gasteiger partial charge < -0.3 is 24.1 Å². The van der Waals surface area contributed by atoms with E-state index in [2.05, 4.69) is 0 Å². The predicted octanol–water partition coefficient (Wildman–Crippen LogP) is 1.84. The molecular weight excluding hydrogens is 300 g/mol. The fourth-order valence-electron chi connectivity index (χ4n) is 3.79. The minimum absolute atomic E-state index is 0.0348. The van der Waals surface area contributed by atoms with E-state index in [-0.39, 0.29) is 12.5 Å². The van der Waals surface area contributed by atoms with Crippen LogP contribution in [0.25, 0.3) is 0 Å². The molecule has 2 aliphatic rings. The molecule has 3 rings (SSSR count). The van der Waals surface area contributed by atoms with E-state index in [1.54, 1.807) is 21.1 Å². The number of rotatable bonds is 4. The lowest BCUT2D eigenvalue weighted by molar-refractivity contribution is -0.334. The van der Waals surface area contributed by atoms with Crippen molar-refractivity contribution in [3.63, 3.8) is 0 Å². The smallest absolute Gasteiger partial charge is 0.334 e. The molecule has 1 fully saturated rings. The highest BCUT2D eigenvalue weighted by Gasteiger charge is 2.60. The van der Waals surface area contributed by atoms with E-state index in [0.29, 0.717) is 17.9 Å². The lowest BCUT2D eigenvalue weighted by Gasteiger charge is -2.35. The second kappa shape index (κ2) is 5.69. The van der Waals surface area contributed by atoms with Crippen LogP contribution in [0.3, 0.4) is 0 Å². The molecule has 126 valence electrons. The Morgan fingerprint density at radius 1 is 1.30 bits per heavy atom. The number of hydrogen-bond donors (Lipinski definition) is 1. The SMILES string of the molecule is CCO[C@]1(O)OC(=O)[C@@H]2[C@H](C)Cc3cc(OC)c(OC)cc3[C@@H]21. The average Bonchev–Trinajstić information content (AvgIpc) is 2.78. The maximum absolute atomic E-state index is 12.3. The summed E-state index contributed by atoms with van der Waals surface area (Å²) in [6.07, 6.45) is 0.703. The Bertz CT molecular complexity index is 628. The second-order valence-corrected chi connectivity index (χ2v) is 6.08. The topological polar surface area (TPSA) is 74.2 Å². The Morgan fingerprint density at radius 3 is 2.57 bits per heavy atom. The summed E-state index contributed by atoms with van der Waals surface area (Å²) in [7, 11) is 3.14. The predicted molar refractivity (Wildman–Crippen MR) is 81.3 cm³/mol. The monoisotopic (exact) mass is 322 g/mol. The molecule has 1 heterocycles.